The van der Waals surface area contributed by atoms with Crippen LogP contribution in [-0.4, -0.2) is 50.4 Å². The van der Waals surface area contributed by atoms with Gasteiger partial charge in [-0.15, -0.1) is 0 Å². The Morgan fingerprint density at radius 2 is 1.68 bits per heavy atom. The number of carbonyl (C=O) groups is 1. The van der Waals surface area contributed by atoms with Crippen LogP contribution >= 0.6 is 0 Å². The molecule has 31 heavy (non-hydrogen) atoms. The fraction of sp³-hybridized carbons (Fsp3) is 0.708. The van der Waals surface area contributed by atoms with E-state index in [1.54, 1.807) is 0 Å². The zero-order valence-corrected chi connectivity index (χ0v) is 21.9. The van der Waals surface area contributed by atoms with Crippen LogP contribution in [0.25, 0.3) is 0 Å². The molecule has 1 amide bonds. The van der Waals surface area contributed by atoms with Gasteiger partial charge in [-0.25, -0.2) is 4.79 Å². The van der Waals surface area contributed by atoms with Crippen molar-refractivity contribution in [2.75, 3.05) is 6.54 Å². The molecule has 1 aromatic carbocycles. The van der Waals surface area contributed by atoms with E-state index in [9.17, 15) is 9.90 Å². The first-order valence-corrected chi connectivity index (χ1v) is 14.0. The van der Waals surface area contributed by atoms with Crippen molar-refractivity contribution in [3.63, 3.8) is 0 Å². The van der Waals surface area contributed by atoms with Crippen LogP contribution in [0, 0.1) is 5.41 Å². The number of rotatable bonds is 10. The first-order valence-electron chi connectivity index (χ1n) is 11.1. The highest BCUT2D eigenvalue weighted by atomic mass is 28.4. The Labute approximate surface area is 190 Å². The van der Waals surface area contributed by atoms with Crippen LogP contribution in [0.3, 0.4) is 0 Å². The molecular formula is C24H44N2O4Si. The molecule has 1 rings (SSSR count). The SMILES string of the molecule is C[C@H](CNC([C@@H](O)[C@H](Cc1ccccc1)OC(N)=O)C(C)(C)C)O[Si](C)(C)C(C)(C)C. The van der Waals surface area contributed by atoms with E-state index in [0.29, 0.717) is 13.0 Å². The van der Waals surface area contributed by atoms with E-state index in [2.05, 4.69) is 66.9 Å². The van der Waals surface area contributed by atoms with Crippen molar-refractivity contribution in [2.24, 2.45) is 11.1 Å². The molecule has 0 aromatic heterocycles. The maximum atomic E-state index is 11.5. The Balaban J connectivity index is 2.96. The van der Waals surface area contributed by atoms with Crippen molar-refractivity contribution in [1.82, 2.24) is 5.32 Å². The maximum Gasteiger partial charge on any atom is 0.404 e. The summed E-state index contributed by atoms with van der Waals surface area (Å²) in [5.74, 6) is 0. The second kappa shape index (κ2) is 10.9. The molecule has 6 nitrogen and oxygen atoms in total. The summed E-state index contributed by atoms with van der Waals surface area (Å²) in [6, 6.07) is 9.32. The Morgan fingerprint density at radius 1 is 1.13 bits per heavy atom. The first-order chi connectivity index (χ1) is 14.0. The average molecular weight is 453 g/mol. The Kier molecular flexibility index (Phi) is 9.75. The monoisotopic (exact) mass is 452 g/mol. The summed E-state index contributed by atoms with van der Waals surface area (Å²) >= 11 is 0. The van der Waals surface area contributed by atoms with Crippen LogP contribution in [0.1, 0.15) is 54.0 Å². The maximum absolute atomic E-state index is 11.5. The van der Waals surface area contributed by atoms with Gasteiger partial charge in [0.05, 0.1) is 6.10 Å². The quantitative estimate of drug-likeness (QED) is 0.455. The lowest BCUT2D eigenvalue weighted by Crippen LogP contribution is -2.57. The molecule has 178 valence electrons. The summed E-state index contributed by atoms with van der Waals surface area (Å²) in [5.41, 5.74) is 6.00. The molecule has 0 aliphatic heterocycles. The molecule has 0 saturated carbocycles. The number of aliphatic hydroxyl groups excluding tert-OH is 1. The van der Waals surface area contributed by atoms with Gasteiger partial charge in [0, 0.05) is 19.0 Å². The number of hydrogen-bond acceptors (Lipinski definition) is 5. The molecule has 0 heterocycles. The van der Waals surface area contributed by atoms with E-state index >= 15 is 0 Å². The highest BCUT2D eigenvalue weighted by Gasteiger charge is 2.40. The second-order valence-corrected chi connectivity index (χ2v) is 15.9. The zero-order valence-electron chi connectivity index (χ0n) is 20.9. The summed E-state index contributed by atoms with van der Waals surface area (Å²) in [7, 11) is -1.90. The van der Waals surface area contributed by atoms with Gasteiger partial charge in [-0.1, -0.05) is 71.9 Å². The standard InChI is InChI=1S/C24H44N2O4Si/c1-17(30-31(8,9)24(5,6)7)16-26-21(23(2,3)4)20(27)19(29-22(25)28)15-18-13-11-10-12-14-18/h10-14,17,19-21,26-27H,15-16H2,1-9H3,(H2,25,28)/t17-,19+,20+,21?/m1/s1. The van der Waals surface area contributed by atoms with Crippen molar-refractivity contribution in [3.05, 3.63) is 35.9 Å². The molecule has 0 bridgehead atoms. The third kappa shape index (κ3) is 8.92. The van der Waals surface area contributed by atoms with E-state index in [1.807, 2.05) is 30.3 Å². The molecule has 0 fully saturated rings. The lowest BCUT2D eigenvalue weighted by atomic mass is 9.80. The fourth-order valence-electron chi connectivity index (χ4n) is 3.40. The van der Waals surface area contributed by atoms with Gasteiger partial charge in [-0.3, -0.25) is 0 Å². The summed E-state index contributed by atoms with van der Waals surface area (Å²) in [4.78, 5) is 11.5. The number of nitrogens with one attached hydrogen (secondary N) is 1. The third-order valence-electron chi connectivity index (χ3n) is 6.13. The van der Waals surface area contributed by atoms with Gasteiger partial charge in [0.1, 0.15) is 12.2 Å². The average Bonchev–Trinajstić information content (AvgIpc) is 2.59. The highest BCUT2D eigenvalue weighted by molar-refractivity contribution is 6.74. The Bertz CT molecular complexity index is 683. The second-order valence-electron chi connectivity index (χ2n) is 11.1. The highest BCUT2D eigenvalue weighted by Crippen LogP contribution is 2.37. The number of primary amides is 1. The molecule has 7 heteroatoms. The van der Waals surface area contributed by atoms with E-state index < -0.39 is 26.6 Å². The molecule has 0 spiro atoms. The molecular weight excluding hydrogens is 408 g/mol. The van der Waals surface area contributed by atoms with Gasteiger partial charge in [0.2, 0.25) is 0 Å². The molecule has 4 N–H and O–H groups in total. The topological polar surface area (TPSA) is 93.8 Å². The van der Waals surface area contributed by atoms with Crippen LogP contribution in [0.15, 0.2) is 30.3 Å². The van der Waals surface area contributed by atoms with Crippen molar-refractivity contribution in [2.45, 2.75) is 97.4 Å². The van der Waals surface area contributed by atoms with Gasteiger partial charge in [-0.2, -0.15) is 0 Å². The number of hydrogen-bond donors (Lipinski definition) is 3. The molecule has 0 radical (unpaired) electrons. The van der Waals surface area contributed by atoms with Crippen LogP contribution in [-0.2, 0) is 15.6 Å². The van der Waals surface area contributed by atoms with Crippen molar-refractivity contribution in [1.29, 1.82) is 0 Å². The number of benzene rings is 1. The van der Waals surface area contributed by atoms with Gasteiger partial charge < -0.3 is 25.3 Å². The lowest BCUT2D eigenvalue weighted by Gasteiger charge is -2.41. The largest absolute Gasteiger partial charge is 0.443 e. The van der Waals surface area contributed by atoms with E-state index in [0.717, 1.165) is 5.56 Å². The van der Waals surface area contributed by atoms with Gasteiger partial charge in [0.15, 0.2) is 8.32 Å². The number of aliphatic hydroxyl groups is 1. The first kappa shape index (κ1) is 27.6. The molecule has 0 saturated heterocycles. The van der Waals surface area contributed by atoms with E-state index in [-0.39, 0.29) is 22.6 Å². The fourth-order valence-corrected chi connectivity index (χ4v) is 4.84. The Morgan fingerprint density at radius 3 is 2.13 bits per heavy atom. The van der Waals surface area contributed by atoms with Crippen LogP contribution in [0.4, 0.5) is 4.79 Å². The minimum atomic E-state index is -1.90. The predicted octanol–water partition coefficient (Wildman–Crippen LogP) is 4.47. The van der Waals surface area contributed by atoms with Crippen molar-refractivity contribution < 1.29 is 19.1 Å². The van der Waals surface area contributed by atoms with E-state index in [1.165, 1.54) is 0 Å². The molecule has 0 aliphatic rings. The summed E-state index contributed by atoms with van der Waals surface area (Å²) in [6.07, 6.45) is -2.21. The van der Waals surface area contributed by atoms with Crippen LogP contribution in [0.5, 0.6) is 0 Å². The molecule has 1 aromatic rings. The minimum absolute atomic E-state index is 0.0115. The third-order valence-corrected chi connectivity index (χ3v) is 10.7. The predicted molar refractivity (Wildman–Crippen MR) is 130 cm³/mol. The number of carbonyl (C=O) groups excluding carboxylic acids is 1. The van der Waals surface area contributed by atoms with Gasteiger partial charge >= 0.3 is 6.09 Å². The molecule has 4 atom stereocenters. The summed E-state index contributed by atoms with van der Waals surface area (Å²) < 4.78 is 11.8. The smallest absolute Gasteiger partial charge is 0.404 e. The normalized spacial score (nSPS) is 17.0. The minimum Gasteiger partial charge on any atom is -0.443 e. The molecule has 1 unspecified atom stereocenters. The Hall–Kier alpha value is -1.41. The van der Waals surface area contributed by atoms with Crippen LogP contribution in [0.2, 0.25) is 18.1 Å². The van der Waals surface area contributed by atoms with Crippen LogP contribution < -0.4 is 11.1 Å². The number of nitrogens with two attached hydrogens (primary N) is 1. The summed E-state index contributed by atoms with van der Waals surface area (Å²) in [5, 5.41) is 14.9. The lowest BCUT2D eigenvalue weighted by molar-refractivity contribution is -0.0368. The van der Waals surface area contributed by atoms with Gasteiger partial charge in [-0.05, 0) is 36.0 Å². The number of ether oxygens (including phenoxy) is 1. The number of amides is 1. The van der Waals surface area contributed by atoms with E-state index in [4.69, 9.17) is 14.9 Å². The van der Waals surface area contributed by atoms with Crippen molar-refractivity contribution >= 4 is 14.4 Å². The zero-order chi connectivity index (χ0) is 24.0. The molecule has 0 aliphatic carbocycles. The van der Waals surface area contributed by atoms with Crippen molar-refractivity contribution in [3.8, 4) is 0 Å². The van der Waals surface area contributed by atoms with Gasteiger partial charge in [0.25, 0.3) is 0 Å². The summed E-state index contributed by atoms with van der Waals surface area (Å²) in [6.45, 7) is 19.9.